The minimum atomic E-state index is -4.78. The van der Waals surface area contributed by atoms with Gasteiger partial charge in [0.2, 0.25) is 0 Å². The van der Waals surface area contributed by atoms with Gasteiger partial charge < -0.3 is 10.1 Å². The molecule has 10 heteroatoms. The topological polar surface area (TPSA) is 83.3 Å². The van der Waals surface area contributed by atoms with Crippen LogP contribution in [-0.4, -0.2) is 24.7 Å². The van der Waals surface area contributed by atoms with Crippen LogP contribution < -0.4 is 5.56 Å². The van der Waals surface area contributed by atoms with Crippen LogP contribution >= 0.6 is 0 Å². The van der Waals surface area contributed by atoms with E-state index in [1.165, 1.54) is 4.52 Å². The molecule has 3 aromatic rings. The van der Waals surface area contributed by atoms with Gasteiger partial charge in [0, 0.05) is 6.42 Å². The largest absolute Gasteiger partial charge is 0.419 e. The lowest BCUT2D eigenvalue weighted by Gasteiger charge is -2.09. The number of alkyl halides is 3. The number of hydrogen-bond acceptors (Lipinski definition) is 4. The molecule has 0 atom stereocenters. The molecule has 0 fully saturated rings. The minimum Gasteiger partial charge on any atom is -0.390 e. The number of aromatic amines is 1. The first-order chi connectivity index (χ1) is 11.7. The Morgan fingerprint density at radius 2 is 2.04 bits per heavy atom. The molecule has 2 heterocycles. The summed E-state index contributed by atoms with van der Waals surface area (Å²) in [6.07, 6.45) is -4.84. The molecular formula is C15H12F4N4O2. The van der Waals surface area contributed by atoms with Crippen LogP contribution in [0.5, 0.6) is 0 Å². The molecule has 3 rings (SSSR count). The normalized spacial score (nSPS) is 12.1. The molecule has 2 N–H and O–H groups in total. The maximum absolute atomic E-state index is 13.7. The number of fused-ring (bicyclic) bond motifs is 1. The lowest BCUT2D eigenvalue weighted by atomic mass is 10.1. The van der Waals surface area contributed by atoms with Gasteiger partial charge >= 0.3 is 6.18 Å². The second-order valence-electron chi connectivity index (χ2n) is 5.42. The lowest BCUT2D eigenvalue weighted by molar-refractivity contribution is -0.140. The summed E-state index contributed by atoms with van der Waals surface area (Å²) in [6, 6.07) is 2.55. The van der Waals surface area contributed by atoms with Crippen molar-refractivity contribution in [2.45, 2.75) is 26.1 Å². The number of rotatable bonds is 3. The molecule has 0 saturated carbocycles. The van der Waals surface area contributed by atoms with Crippen LogP contribution in [0.1, 0.15) is 28.5 Å². The Morgan fingerprint density at radius 1 is 1.32 bits per heavy atom. The Hall–Kier alpha value is -2.75. The summed E-state index contributed by atoms with van der Waals surface area (Å²) < 4.78 is 52.8. The zero-order chi connectivity index (χ0) is 18.4. The summed E-state index contributed by atoms with van der Waals surface area (Å²) in [5.74, 6) is -0.901. The molecule has 6 nitrogen and oxygen atoms in total. The van der Waals surface area contributed by atoms with Crippen LogP contribution in [0.4, 0.5) is 17.6 Å². The third-order valence-electron chi connectivity index (χ3n) is 3.60. The Labute approximate surface area is 137 Å². The molecular weight excluding hydrogens is 344 g/mol. The van der Waals surface area contributed by atoms with Crippen molar-refractivity contribution in [2.75, 3.05) is 0 Å². The second kappa shape index (κ2) is 5.96. The van der Waals surface area contributed by atoms with Crippen LogP contribution in [0, 0.1) is 12.7 Å². The number of aryl methyl sites for hydroxylation is 1. The van der Waals surface area contributed by atoms with E-state index in [1.54, 1.807) is 6.92 Å². The van der Waals surface area contributed by atoms with Crippen LogP contribution in [0.15, 0.2) is 23.0 Å². The van der Waals surface area contributed by atoms with Crippen molar-refractivity contribution in [1.29, 1.82) is 0 Å². The number of aliphatic hydroxyl groups excluding tert-OH is 1. The number of aliphatic hydroxyl groups is 1. The first-order valence-electron chi connectivity index (χ1n) is 7.14. The van der Waals surface area contributed by atoms with E-state index >= 15 is 0 Å². The zero-order valence-corrected chi connectivity index (χ0v) is 12.9. The van der Waals surface area contributed by atoms with Gasteiger partial charge in [0.1, 0.15) is 17.5 Å². The fourth-order valence-corrected chi connectivity index (χ4v) is 2.55. The number of aromatic nitrogens is 4. The quantitative estimate of drug-likeness (QED) is 0.703. The zero-order valence-electron chi connectivity index (χ0n) is 12.9. The van der Waals surface area contributed by atoms with Crippen molar-refractivity contribution in [3.05, 3.63) is 62.8 Å². The highest BCUT2D eigenvalue weighted by Gasteiger charge is 2.34. The second-order valence-corrected chi connectivity index (χ2v) is 5.42. The van der Waals surface area contributed by atoms with Gasteiger partial charge in [-0.3, -0.25) is 4.79 Å². The third kappa shape index (κ3) is 3.12. The molecule has 132 valence electrons. The predicted octanol–water partition coefficient (Wildman–Crippen LogP) is 1.97. The molecule has 0 aliphatic rings. The van der Waals surface area contributed by atoms with Crippen LogP contribution in [0.25, 0.3) is 5.52 Å². The number of hydrogen-bond donors (Lipinski definition) is 2. The van der Waals surface area contributed by atoms with Crippen molar-refractivity contribution in [2.24, 2.45) is 0 Å². The molecule has 0 radical (unpaired) electrons. The molecule has 0 aliphatic carbocycles. The average molecular weight is 356 g/mol. The van der Waals surface area contributed by atoms with Gasteiger partial charge in [0.25, 0.3) is 5.56 Å². The van der Waals surface area contributed by atoms with Gasteiger partial charge in [0.15, 0.2) is 5.52 Å². The number of benzene rings is 1. The maximum Gasteiger partial charge on any atom is 0.419 e. The Bertz CT molecular complexity index is 1010. The van der Waals surface area contributed by atoms with Gasteiger partial charge in [-0.2, -0.15) is 18.3 Å². The molecule has 2 aromatic heterocycles. The fraction of sp³-hybridized carbons (Fsp3) is 0.267. The summed E-state index contributed by atoms with van der Waals surface area (Å²) in [4.78, 5) is 18.6. The van der Waals surface area contributed by atoms with Gasteiger partial charge in [-0.15, -0.1) is 0 Å². The number of nitrogens with one attached hydrogen (secondary N) is 1. The summed E-state index contributed by atoms with van der Waals surface area (Å²) in [5.41, 5.74) is -1.52. The summed E-state index contributed by atoms with van der Waals surface area (Å²) in [7, 11) is 0. The van der Waals surface area contributed by atoms with Gasteiger partial charge in [-0.05, 0) is 24.6 Å². The molecule has 25 heavy (non-hydrogen) atoms. The molecule has 0 aliphatic heterocycles. The first-order valence-corrected chi connectivity index (χ1v) is 7.14. The Balaban J connectivity index is 2.07. The summed E-state index contributed by atoms with van der Waals surface area (Å²) in [5, 5.41) is 13.4. The SMILES string of the molecule is Cc1nn2c(Cc3ccc(C(F)(F)F)c(F)c3)nc(CO)c2c(=O)[nH]1. The van der Waals surface area contributed by atoms with Crippen LogP contribution in [-0.2, 0) is 19.2 Å². The standard InChI is InChI=1S/C15H12F4N4O2/c1-7-20-14(25)13-11(6-24)21-12(23(13)22-7)5-8-2-3-9(10(16)4-8)15(17,18)19/h2-4,24H,5-6H2,1H3,(H,20,22,25). The first kappa shape index (κ1) is 17.1. The van der Waals surface area contributed by atoms with E-state index in [4.69, 9.17) is 0 Å². The number of halogens is 4. The molecule has 0 bridgehead atoms. The van der Waals surface area contributed by atoms with Crippen molar-refractivity contribution in [3.8, 4) is 0 Å². The molecule has 0 saturated heterocycles. The Kier molecular flexibility index (Phi) is 4.07. The highest BCUT2D eigenvalue weighted by Crippen LogP contribution is 2.31. The van der Waals surface area contributed by atoms with Crippen molar-refractivity contribution in [1.82, 2.24) is 19.6 Å². The smallest absolute Gasteiger partial charge is 0.390 e. The molecule has 0 spiro atoms. The fourth-order valence-electron chi connectivity index (χ4n) is 2.55. The van der Waals surface area contributed by atoms with Crippen molar-refractivity contribution in [3.63, 3.8) is 0 Å². The average Bonchev–Trinajstić information content (AvgIpc) is 2.84. The van der Waals surface area contributed by atoms with Gasteiger partial charge in [-0.1, -0.05) is 6.07 Å². The summed E-state index contributed by atoms with van der Waals surface area (Å²) >= 11 is 0. The highest BCUT2D eigenvalue weighted by molar-refractivity contribution is 5.50. The highest BCUT2D eigenvalue weighted by atomic mass is 19.4. The van der Waals surface area contributed by atoms with E-state index in [9.17, 15) is 27.5 Å². The third-order valence-corrected chi connectivity index (χ3v) is 3.60. The van der Waals surface area contributed by atoms with Crippen molar-refractivity contribution >= 4 is 5.52 Å². The van der Waals surface area contributed by atoms with E-state index < -0.39 is 29.7 Å². The number of nitrogens with zero attached hydrogens (tertiary/aromatic N) is 3. The van der Waals surface area contributed by atoms with E-state index in [2.05, 4.69) is 15.1 Å². The number of imidazole rings is 1. The molecule has 1 aromatic carbocycles. The van der Waals surface area contributed by atoms with E-state index in [0.717, 1.165) is 12.1 Å². The summed E-state index contributed by atoms with van der Waals surface area (Å²) in [6.45, 7) is 1.03. The predicted molar refractivity (Wildman–Crippen MR) is 78.5 cm³/mol. The van der Waals surface area contributed by atoms with E-state index in [0.29, 0.717) is 11.9 Å². The van der Waals surface area contributed by atoms with Crippen LogP contribution in [0.3, 0.4) is 0 Å². The van der Waals surface area contributed by atoms with Crippen LogP contribution in [0.2, 0.25) is 0 Å². The van der Waals surface area contributed by atoms with E-state index in [1.807, 2.05) is 0 Å². The minimum absolute atomic E-state index is 0.0375. The monoisotopic (exact) mass is 356 g/mol. The number of H-pyrrole nitrogens is 1. The Morgan fingerprint density at radius 3 is 2.64 bits per heavy atom. The molecule has 0 unspecified atom stereocenters. The van der Waals surface area contributed by atoms with Gasteiger partial charge in [-0.25, -0.2) is 13.9 Å². The lowest BCUT2D eigenvalue weighted by Crippen LogP contribution is -2.16. The maximum atomic E-state index is 13.7. The molecule has 0 amide bonds. The van der Waals surface area contributed by atoms with Crippen molar-refractivity contribution < 1.29 is 22.7 Å². The van der Waals surface area contributed by atoms with Gasteiger partial charge in [0.05, 0.1) is 17.9 Å². The van der Waals surface area contributed by atoms with E-state index in [-0.39, 0.29) is 29.0 Å².